The zero-order valence-corrected chi connectivity index (χ0v) is 7.70. The highest BCUT2D eigenvalue weighted by Crippen LogP contribution is 2.32. The van der Waals surface area contributed by atoms with E-state index < -0.39 is 12.2 Å². The first-order chi connectivity index (χ1) is 6.22. The van der Waals surface area contributed by atoms with Gasteiger partial charge in [0.05, 0.1) is 18.3 Å². The predicted molar refractivity (Wildman–Crippen MR) is 47.4 cm³/mol. The number of piperidine rings is 1. The normalized spacial score (nSPS) is 39.2. The molecule has 2 saturated heterocycles. The van der Waals surface area contributed by atoms with E-state index in [1.807, 2.05) is 0 Å². The van der Waals surface area contributed by atoms with Crippen molar-refractivity contribution in [3.63, 3.8) is 0 Å². The van der Waals surface area contributed by atoms with Crippen molar-refractivity contribution in [3.05, 3.63) is 0 Å². The number of aliphatic hydroxyl groups excluding tert-OH is 2. The van der Waals surface area contributed by atoms with Gasteiger partial charge in [0.1, 0.15) is 6.10 Å². The van der Waals surface area contributed by atoms with Crippen LogP contribution in [-0.2, 0) is 4.74 Å². The molecule has 0 aromatic rings. The SMILES string of the molecule is O[C@@H]1COC2(CCNCC2)C[C@@H]1O. The summed E-state index contributed by atoms with van der Waals surface area (Å²) in [5.74, 6) is 0. The van der Waals surface area contributed by atoms with E-state index in [2.05, 4.69) is 5.32 Å². The highest BCUT2D eigenvalue weighted by molar-refractivity contribution is 4.93. The third kappa shape index (κ3) is 1.86. The van der Waals surface area contributed by atoms with Crippen molar-refractivity contribution in [3.8, 4) is 0 Å². The molecule has 0 amide bonds. The fourth-order valence-electron chi connectivity index (χ4n) is 2.18. The van der Waals surface area contributed by atoms with Gasteiger partial charge in [-0.1, -0.05) is 0 Å². The first-order valence-electron chi connectivity index (χ1n) is 4.93. The van der Waals surface area contributed by atoms with Gasteiger partial charge in [-0.05, 0) is 25.9 Å². The Bertz CT molecular complexity index is 180. The second-order valence-corrected chi connectivity index (χ2v) is 4.08. The van der Waals surface area contributed by atoms with E-state index in [-0.39, 0.29) is 12.2 Å². The zero-order valence-electron chi connectivity index (χ0n) is 7.70. The Morgan fingerprint density at radius 2 is 1.85 bits per heavy atom. The number of hydrogen-bond donors (Lipinski definition) is 3. The standard InChI is InChI=1S/C9H17NO3/c11-7-5-9(13-6-8(7)12)1-3-10-4-2-9/h7-8,10-12H,1-6H2/t7-,8+/m0/s1. The third-order valence-corrected chi connectivity index (χ3v) is 3.10. The highest BCUT2D eigenvalue weighted by atomic mass is 16.5. The molecular formula is C9H17NO3. The van der Waals surface area contributed by atoms with Crippen LogP contribution >= 0.6 is 0 Å². The van der Waals surface area contributed by atoms with Crippen LogP contribution in [0.2, 0.25) is 0 Å². The monoisotopic (exact) mass is 187 g/mol. The van der Waals surface area contributed by atoms with E-state index in [1.54, 1.807) is 0 Å². The van der Waals surface area contributed by atoms with Gasteiger partial charge in [0.15, 0.2) is 0 Å². The predicted octanol–water partition coefficient (Wildman–Crippen LogP) is -0.749. The number of nitrogens with one attached hydrogen (secondary N) is 1. The zero-order chi connectivity index (χ0) is 9.31. The fraction of sp³-hybridized carbons (Fsp3) is 1.00. The molecule has 0 saturated carbocycles. The maximum absolute atomic E-state index is 9.54. The van der Waals surface area contributed by atoms with Gasteiger partial charge in [-0.2, -0.15) is 0 Å². The van der Waals surface area contributed by atoms with Gasteiger partial charge in [0.25, 0.3) is 0 Å². The van der Waals surface area contributed by atoms with Crippen LogP contribution in [0.4, 0.5) is 0 Å². The van der Waals surface area contributed by atoms with Crippen LogP contribution in [0.3, 0.4) is 0 Å². The lowest BCUT2D eigenvalue weighted by Gasteiger charge is -2.43. The van der Waals surface area contributed by atoms with Crippen molar-refractivity contribution < 1.29 is 14.9 Å². The molecule has 3 N–H and O–H groups in total. The fourth-order valence-corrected chi connectivity index (χ4v) is 2.18. The summed E-state index contributed by atoms with van der Waals surface area (Å²) in [6.45, 7) is 2.17. The Labute approximate surface area is 77.9 Å². The summed E-state index contributed by atoms with van der Waals surface area (Å²) < 4.78 is 5.64. The van der Waals surface area contributed by atoms with E-state index in [0.717, 1.165) is 25.9 Å². The molecule has 2 aliphatic rings. The van der Waals surface area contributed by atoms with Crippen molar-refractivity contribution in [2.45, 2.75) is 37.1 Å². The topological polar surface area (TPSA) is 61.7 Å². The van der Waals surface area contributed by atoms with Crippen LogP contribution in [0.1, 0.15) is 19.3 Å². The number of ether oxygens (including phenoxy) is 1. The molecule has 4 heteroatoms. The van der Waals surface area contributed by atoms with Crippen LogP contribution in [0, 0.1) is 0 Å². The number of hydrogen-bond acceptors (Lipinski definition) is 4. The largest absolute Gasteiger partial charge is 0.390 e. The Morgan fingerprint density at radius 1 is 1.15 bits per heavy atom. The first kappa shape index (κ1) is 9.40. The van der Waals surface area contributed by atoms with E-state index in [4.69, 9.17) is 4.74 Å². The molecule has 0 radical (unpaired) electrons. The molecule has 1 spiro atoms. The lowest BCUT2D eigenvalue weighted by molar-refractivity contribution is -0.180. The van der Waals surface area contributed by atoms with Crippen molar-refractivity contribution in [1.29, 1.82) is 0 Å². The van der Waals surface area contributed by atoms with Crippen molar-refractivity contribution in [2.24, 2.45) is 0 Å². The molecule has 4 nitrogen and oxygen atoms in total. The minimum Gasteiger partial charge on any atom is -0.390 e. The summed E-state index contributed by atoms with van der Waals surface area (Å²) in [5, 5.41) is 22.1. The van der Waals surface area contributed by atoms with E-state index >= 15 is 0 Å². The molecule has 2 heterocycles. The molecule has 0 unspecified atom stereocenters. The van der Waals surface area contributed by atoms with Crippen LogP contribution in [0.5, 0.6) is 0 Å². The second-order valence-electron chi connectivity index (χ2n) is 4.08. The summed E-state index contributed by atoms with van der Waals surface area (Å²) >= 11 is 0. The summed E-state index contributed by atoms with van der Waals surface area (Å²) in [4.78, 5) is 0. The maximum Gasteiger partial charge on any atom is 0.103 e. The van der Waals surface area contributed by atoms with Crippen molar-refractivity contribution in [2.75, 3.05) is 19.7 Å². The smallest absolute Gasteiger partial charge is 0.103 e. The van der Waals surface area contributed by atoms with Gasteiger partial charge in [0.2, 0.25) is 0 Å². The lowest BCUT2D eigenvalue weighted by atomic mass is 9.83. The molecule has 2 fully saturated rings. The van der Waals surface area contributed by atoms with Gasteiger partial charge >= 0.3 is 0 Å². The third-order valence-electron chi connectivity index (χ3n) is 3.10. The van der Waals surface area contributed by atoms with Crippen LogP contribution in [0.15, 0.2) is 0 Å². The summed E-state index contributed by atoms with van der Waals surface area (Å²) in [6, 6.07) is 0. The van der Waals surface area contributed by atoms with Crippen LogP contribution in [-0.4, -0.2) is 47.7 Å². The average Bonchev–Trinajstić information content (AvgIpc) is 2.14. The minimum absolute atomic E-state index is 0.163. The van der Waals surface area contributed by atoms with Crippen LogP contribution < -0.4 is 5.32 Å². The number of aliphatic hydroxyl groups is 2. The molecular weight excluding hydrogens is 170 g/mol. The molecule has 2 rings (SSSR count). The van der Waals surface area contributed by atoms with Gasteiger partial charge in [-0.15, -0.1) is 0 Å². The summed E-state index contributed by atoms with van der Waals surface area (Å²) in [5.41, 5.74) is -0.163. The Morgan fingerprint density at radius 3 is 2.46 bits per heavy atom. The Kier molecular flexibility index (Phi) is 2.55. The van der Waals surface area contributed by atoms with Gasteiger partial charge in [0, 0.05) is 6.42 Å². The summed E-state index contributed by atoms with van der Waals surface area (Å²) in [6.07, 6.45) is 1.16. The average molecular weight is 187 g/mol. The molecule has 0 bridgehead atoms. The molecule has 0 aromatic heterocycles. The molecule has 13 heavy (non-hydrogen) atoms. The highest BCUT2D eigenvalue weighted by Gasteiger charge is 2.41. The first-order valence-corrected chi connectivity index (χ1v) is 4.93. The van der Waals surface area contributed by atoms with E-state index in [9.17, 15) is 10.2 Å². The quantitative estimate of drug-likeness (QED) is 0.467. The van der Waals surface area contributed by atoms with Gasteiger partial charge < -0.3 is 20.3 Å². The lowest BCUT2D eigenvalue weighted by Crippen LogP contribution is -2.53. The Balaban J connectivity index is 1.99. The maximum atomic E-state index is 9.54. The molecule has 76 valence electrons. The van der Waals surface area contributed by atoms with E-state index in [0.29, 0.717) is 6.42 Å². The number of rotatable bonds is 0. The Hall–Kier alpha value is -0.160. The van der Waals surface area contributed by atoms with Crippen molar-refractivity contribution >= 4 is 0 Å². The molecule has 0 aromatic carbocycles. The second kappa shape index (κ2) is 3.53. The van der Waals surface area contributed by atoms with Crippen molar-refractivity contribution in [1.82, 2.24) is 5.32 Å². The van der Waals surface area contributed by atoms with Gasteiger partial charge in [-0.3, -0.25) is 0 Å². The molecule has 2 aliphatic heterocycles. The van der Waals surface area contributed by atoms with Gasteiger partial charge in [-0.25, -0.2) is 0 Å². The molecule has 0 aliphatic carbocycles. The van der Waals surface area contributed by atoms with Crippen LogP contribution in [0.25, 0.3) is 0 Å². The minimum atomic E-state index is -0.694. The summed E-state index contributed by atoms with van der Waals surface area (Å²) in [7, 11) is 0. The molecule has 2 atom stereocenters. The van der Waals surface area contributed by atoms with E-state index in [1.165, 1.54) is 0 Å².